The van der Waals surface area contributed by atoms with Crippen LogP contribution in [0.25, 0.3) is 0 Å². The summed E-state index contributed by atoms with van der Waals surface area (Å²) in [5.74, 6) is 0. The van der Waals surface area contributed by atoms with Gasteiger partial charge in [-0.15, -0.1) is 0 Å². The van der Waals surface area contributed by atoms with Crippen LogP contribution < -0.4 is 4.90 Å². The lowest BCUT2D eigenvalue weighted by Gasteiger charge is -2.33. The zero-order valence-electron chi connectivity index (χ0n) is 12.6. The van der Waals surface area contributed by atoms with Crippen molar-refractivity contribution in [2.45, 2.75) is 18.6 Å². The van der Waals surface area contributed by atoms with Crippen molar-refractivity contribution in [2.75, 3.05) is 11.9 Å². The monoisotopic (exact) mass is 418 g/mol. The van der Waals surface area contributed by atoms with Crippen LogP contribution in [0.1, 0.15) is 28.8 Å². The molecule has 2 aromatic rings. The lowest BCUT2D eigenvalue weighted by molar-refractivity contribution is 0.264. The molecule has 2 aliphatic rings. The van der Waals surface area contributed by atoms with E-state index in [-0.39, 0.29) is 16.0 Å². The van der Waals surface area contributed by atoms with Crippen molar-refractivity contribution < 1.29 is 4.79 Å². The molecule has 4 rings (SSSR count). The second-order valence-corrected chi connectivity index (χ2v) is 6.69. The molecule has 23 heavy (non-hydrogen) atoms. The molecule has 1 amide bonds. The van der Waals surface area contributed by atoms with Gasteiger partial charge in [-0.25, -0.2) is 0 Å². The number of nitrogens with zero attached hydrogens (tertiary/aromatic N) is 4. The summed E-state index contributed by atoms with van der Waals surface area (Å²) in [6, 6.07) is 16.2. The largest absolute Gasteiger partial charge is 0.299 e. The van der Waals surface area contributed by atoms with Gasteiger partial charge in [0.2, 0.25) is 0 Å². The first-order chi connectivity index (χ1) is 11.2. The molecule has 0 saturated heterocycles. The lowest BCUT2D eigenvalue weighted by Crippen LogP contribution is -2.31. The number of amides is 1. The SMILES string of the molecule is CN1N=NC2c3ccccc3CN(C(=O)I)c3ccccc3C21. The highest BCUT2D eigenvalue weighted by Crippen LogP contribution is 2.47. The van der Waals surface area contributed by atoms with E-state index < -0.39 is 0 Å². The van der Waals surface area contributed by atoms with Crippen LogP contribution in [0.3, 0.4) is 0 Å². The van der Waals surface area contributed by atoms with Crippen molar-refractivity contribution in [3.05, 3.63) is 65.2 Å². The van der Waals surface area contributed by atoms with Crippen LogP contribution in [0.2, 0.25) is 0 Å². The van der Waals surface area contributed by atoms with Gasteiger partial charge < -0.3 is 0 Å². The highest BCUT2D eigenvalue weighted by atomic mass is 127. The zero-order chi connectivity index (χ0) is 16.0. The quantitative estimate of drug-likeness (QED) is 0.355. The van der Waals surface area contributed by atoms with E-state index in [0.29, 0.717) is 6.54 Å². The van der Waals surface area contributed by atoms with Crippen LogP contribution in [-0.4, -0.2) is 16.0 Å². The standard InChI is InChI=1S/C17H15IN4O/c1-21-16-13-8-4-5-9-14(13)22(17(18)23)10-11-6-2-3-7-12(11)15(16)19-20-21/h2-9,15-16H,10H2,1H3. The number of carbonyl (C=O) groups is 1. The Morgan fingerprint density at radius 3 is 2.61 bits per heavy atom. The Morgan fingerprint density at radius 2 is 1.83 bits per heavy atom. The Hall–Kier alpha value is -1.96. The third-order valence-corrected chi connectivity index (χ3v) is 5.06. The fourth-order valence-corrected chi connectivity index (χ4v) is 3.86. The van der Waals surface area contributed by atoms with Crippen molar-refractivity contribution in [2.24, 2.45) is 10.3 Å². The van der Waals surface area contributed by atoms with Gasteiger partial charge in [0.1, 0.15) is 12.1 Å². The first-order valence-electron chi connectivity index (χ1n) is 7.44. The molecule has 0 spiro atoms. The number of anilines is 1. The van der Waals surface area contributed by atoms with E-state index in [0.717, 1.165) is 22.4 Å². The molecule has 2 unspecified atom stereocenters. The van der Waals surface area contributed by atoms with Gasteiger partial charge in [0.15, 0.2) is 0 Å². The van der Waals surface area contributed by atoms with E-state index >= 15 is 0 Å². The Balaban J connectivity index is 1.97. The lowest BCUT2D eigenvalue weighted by atomic mass is 9.88. The molecule has 5 nitrogen and oxygen atoms in total. The van der Waals surface area contributed by atoms with E-state index in [1.54, 1.807) is 0 Å². The number of hydrogen-bond donors (Lipinski definition) is 0. The minimum absolute atomic E-state index is 0.00546. The molecular weight excluding hydrogens is 403 g/mol. The number of likely N-dealkylation sites (N-methyl/N-ethyl adjacent to an activating group) is 1. The fraction of sp³-hybridized carbons (Fsp3) is 0.235. The first kappa shape index (κ1) is 14.6. The van der Waals surface area contributed by atoms with Crippen molar-refractivity contribution in [1.82, 2.24) is 5.01 Å². The summed E-state index contributed by atoms with van der Waals surface area (Å²) in [5.41, 5.74) is 4.29. The number of para-hydroxylation sites is 1. The second-order valence-electron chi connectivity index (χ2n) is 5.76. The number of benzene rings is 2. The van der Waals surface area contributed by atoms with Crippen molar-refractivity contribution in [1.29, 1.82) is 0 Å². The van der Waals surface area contributed by atoms with Gasteiger partial charge in [-0.1, -0.05) is 47.7 Å². The van der Waals surface area contributed by atoms with Gasteiger partial charge in [0, 0.05) is 35.2 Å². The van der Waals surface area contributed by atoms with Gasteiger partial charge in [0.25, 0.3) is 3.91 Å². The molecule has 0 fully saturated rings. The summed E-state index contributed by atoms with van der Waals surface area (Å²) in [6.07, 6.45) is 0. The molecule has 116 valence electrons. The van der Waals surface area contributed by atoms with Crippen LogP contribution in [0.5, 0.6) is 0 Å². The maximum atomic E-state index is 12.3. The van der Waals surface area contributed by atoms with Crippen molar-refractivity contribution in [3.63, 3.8) is 0 Å². The van der Waals surface area contributed by atoms with Crippen molar-refractivity contribution in [3.8, 4) is 0 Å². The van der Waals surface area contributed by atoms with Crippen molar-refractivity contribution >= 4 is 32.2 Å². The molecule has 0 aliphatic carbocycles. The highest BCUT2D eigenvalue weighted by Gasteiger charge is 2.38. The molecule has 2 heterocycles. The molecule has 6 heteroatoms. The number of carbonyl (C=O) groups excluding carboxylic acids is 1. The van der Waals surface area contributed by atoms with Gasteiger partial charge in [-0.2, -0.15) is 5.11 Å². The maximum Gasteiger partial charge on any atom is 0.287 e. The van der Waals surface area contributed by atoms with Gasteiger partial charge in [0.05, 0.1) is 12.2 Å². The normalized spacial score (nSPS) is 22.0. The van der Waals surface area contributed by atoms with Crippen LogP contribution in [0.15, 0.2) is 58.9 Å². The Morgan fingerprint density at radius 1 is 1.13 bits per heavy atom. The number of hydrogen-bond acceptors (Lipinski definition) is 4. The van der Waals surface area contributed by atoms with Gasteiger partial charge in [-0.05, 0) is 17.2 Å². The molecule has 2 aliphatic heterocycles. The molecule has 2 atom stereocenters. The summed E-state index contributed by atoms with van der Waals surface area (Å²) >= 11 is 1.86. The first-order valence-corrected chi connectivity index (χ1v) is 8.52. The average Bonchev–Trinajstić information content (AvgIpc) is 2.92. The summed E-state index contributed by atoms with van der Waals surface area (Å²) in [5, 5.41) is 10.7. The van der Waals surface area contributed by atoms with Crippen LogP contribution in [0, 0.1) is 0 Å². The number of fused-ring (bicyclic) bond motifs is 5. The highest BCUT2D eigenvalue weighted by molar-refractivity contribution is 14.1. The van der Waals surface area contributed by atoms with Crippen LogP contribution >= 0.6 is 22.6 Å². The summed E-state index contributed by atoms with van der Waals surface area (Å²) in [4.78, 5) is 14.1. The second kappa shape index (κ2) is 5.59. The summed E-state index contributed by atoms with van der Waals surface area (Å²) in [6.45, 7) is 0.553. The number of rotatable bonds is 0. The molecule has 0 N–H and O–H groups in total. The van der Waals surface area contributed by atoms with E-state index in [9.17, 15) is 4.79 Å². The summed E-state index contributed by atoms with van der Waals surface area (Å²) < 4.78 is 0.0119. The van der Waals surface area contributed by atoms with Gasteiger partial charge in [-0.3, -0.25) is 14.7 Å². The smallest absolute Gasteiger partial charge is 0.287 e. The van der Waals surface area contributed by atoms with E-state index in [1.807, 2.05) is 69.9 Å². The molecule has 0 radical (unpaired) electrons. The average molecular weight is 418 g/mol. The molecule has 0 bridgehead atoms. The Labute approximate surface area is 148 Å². The van der Waals surface area contributed by atoms with E-state index in [1.165, 1.54) is 0 Å². The third-order valence-electron chi connectivity index (χ3n) is 4.48. The van der Waals surface area contributed by atoms with E-state index in [2.05, 4.69) is 28.5 Å². The minimum atomic E-state index is -0.0381. The molecule has 0 aromatic heterocycles. The van der Waals surface area contributed by atoms with E-state index in [4.69, 9.17) is 0 Å². The van der Waals surface area contributed by atoms with Gasteiger partial charge >= 0.3 is 0 Å². The minimum Gasteiger partial charge on any atom is -0.299 e. The number of halogens is 1. The van der Waals surface area contributed by atoms with Crippen LogP contribution in [-0.2, 0) is 6.54 Å². The molecule has 0 saturated carbocycles. The maximum absolute atomic E-state index is 12.3. The zero-order valence-corrected chi connectivity index (χ0v) is 14.7. The Bertz CT molecular complexity index is 807. The summed E-state index contributed by atoms with van der Waals surface area (Å²) in [7, 11) is 1.94. The predicted octanol–water partition coefficient (Wildman–Crippen LogP) is 4.66. The predicted molar refractivity (Wildman–Crippen MR) is 96.6 cm³/mol. The topological polar surface area (TPSA) is 48.3 Å². The Kier molecular flexibility index (Phi) is 3.56. The van der Waals surface area contributed by atoms with Crippen LogP contribution in [0.4, 0.5) is 10.5 Å². The third kappa shape index (κ3) is 2.32. The molecular formula is C17H15IN4O. The molecule has 2 aromatic carbocycles. The fourth-order valence-electron chi connectivity index (χ4n) is 3.43.